The molecule has 0 aliphatic carbocycles. The Labute approximate surface area is 117 Å². The van der Waals surface area contributed by atoms with E-state index in [0.29, 0.717) is 17.9 Å². The first kappa shape index (κ1) is 12.6. The summed E-state index contributed by atoms with van der Waals surface area (Å²) in [6, 6.07) is 1.95. The molecule has 0 aromatic heterocycles. The average molecular weight is 264 g/mol. The number of hydroxylamine groups is 3. The van der Waals surface area contributed by atoms with Gasteiger partial charge in [-0.3, -0.25) is 4.90 Å². The van der Waals surface area contributed by atoms with Crippen molar-refractivity contribution in [3.05, 3.63) is 5.21 Å². The first-order chi connectivity index (χ1) is 9.17. The van der Waals surface area contributed by atoms with Crippen molar-refractivity contribution < 1.29 is 4.65 Å². The van der Waals surface area contributed by atoms with Crippen molar-refractivity contribution in [1.82, 2.24) is 4.90 Å². The number of quaternary nitrogens is 1. The highest BCUT2D eigenvalue weighted by Crippen LogP contribution is 2.46. The third-order valence-electron chi connectivity index (χ3n) is 6.69. The van der Waals surface area contributed by atoms with E-state index < -0.39 is 0 Å². The summed E-state index contributed by atoms with van der Waals surface area (Å²) in [6.07, 6.45) is 9.14. The number of nitrogens with zero attached hydrogens (tertiary/aromatic N) is 2. The minimum absolute atomic E-state index is 0.189. The fraction of sp³-hybridized carbons (Fsp3) is 1.00. The largest absolute Gasteiger partial charge is 0.633 e. The van der Waals surface area contributed by atoms with Crippen LogP contribution in [0.1, 0.15) is 51.9 Å². The zero-order valence-corrected chi connectivity index (χ0v) is 12.3. The molecule has 4 heterocycles. The van der Waals surface area contributed by atoms with Crippen LogP contribution in [0.15, 0.2) is 0 Å². The van der Waals surface area contributed by atoms with E-state index in [1.807, 2.05) is 0 Å². The van der Waals surface area contributed by atoms with Gasteiger partial charge >= 0.3 is 0 Å². The van der Waals surface area contributed by atoms with Gasteiger partial charge < -0.3 is 9.85 Å². The summed E-state index contributed by atoms with van der Waals surface area (Å²) in [6.45, 7) is 5.50. The van der Waals surface area contributed by atoms with Crippen LogP contribution in [-0.4, -0.2) is 47.3 Å². The Morgan fingerprint density at radius 2 is 1.95 bits per heavy atom. The van der Waals surface area contributed by atoms with E-state index in [-0.39, 0.29) is 4.65 Å². The Hall–Kier alpha value is -0.120. The van der Waals surface area contributed by atoms with Gasteiger partial charge in [-0.25, -0.2) is 0 Å². The molecule has 4 aliphatic heterocycles. The minimum atomic E-state index is 0.189. The van der Waals surface area contributed by atoms with Gasteiger partial charge in [0, 0.05) is 36.9 Å². The molecule has 108 valence electrons. The number of rotatable bonds is 0. The summed E-state index contributed by atoms with van der Waals surface area (Å²) < 4.78 is 0.189. The number of piperidine rings is 4. The number of hydrogen-bond acceptors (Lipinski definition) is 2. The Morgan fingerprint density at radius 3 is 2.84 bits per heavy atom. The molecular formula is C16H28N2O. The first-order valence-electron chi connectivity index (χ1n) is 8.51. The van der Waals surface area contributed by atoms with E-state index in [4.69, 9.17) is 0 Å². The van der Waals surface area contributed by atoms with Crippen LogP contribution < -0.4 is 0 Å². The van der Waals surface area contributed by atoms with Gasteiger partial charge in [-0.05, 0) is 39.0 Å². The van der Waals surface area contributed by atoms with Crippen LogP contribution in [0, 0.1) is 17.0 Å². The predicted octanol–water partition coefficient (Wildman–Crippen LogP) is 2.75. The molecule has 0 N–H and O–H groups in total. The van der Waals surface area contributed by atoms with Crippen molar-refractivity contribution in [2.24, 2.45) is 11.8 Å². The van der Waals surface area contributed by atoms with Gasteiger partial charge in [-0.1, -0.05) is 6.42 Å². The molecular weight excluding hydrogens is 236 g/mol. The molecule has 0 aromatic rings. The van der Waals surface area contributed by atoms with E-state index >= 15 is 0 Å². The highest BCUT2D eigenvalue weighted by atomic mass is 16.5. The topological polar surface area (TPSA) is 26.3 Å². The molecule has 0 amide bonds. The van der Waals surface area contributed by atoms with E-state index in [2.05, 4.69) is 11.8 Å². The fourth-order valence-corrected chi connectivity index (χ4v) is 5.85. The van der Waals surface area contributed by atoms with Gasteiger partial charge in [0.1, 0.15) is 0 Å². The van der Waals surface area contributed by atoms with Crippen molar-refractivity contribution >= 4 is 0 Å². The second-order valence-corrected chi connectivity index (χ2v) is 7.72. The highest BCUT2D eigenvalue weighted by molar-refractivity contribution is 4.98. The molecule has 4 fully saturated rings. The van der Waals surface area contributed by atoms with Crippen LogP contribution in [0.2, 0.25) is 0 Å². The summed E-state index contributed by atoms with van der Waals surface area (Å²) in [5, 5.41) is 13.2. The van der Waals surface area contributed by atoms with Crippen LogP contribution in [0.5, 0.6) is 0 Å². The second-order valence-electron chi connectivity index (χ2n) is 7.72. The van der Waals surface area contributed by atoms with Crippen LogP contribution in [-0.2, 0) is 0 Å². The summed E-state index contributed by atoms with van der Waals surface area (Å²) in [5.74, 6) is 1.40. The van der Waals surface area contributed by atoms with Crippen molar-refractivity contribution in [1.29, 1.82) is 0 Å². The predicted molar refractivity (Wildman–Crippen MR) is 76.4 cm³/mol. The molecule has 0 aromatic carbocycles. The standard InChI is InChI=1S/C16H28N2O/c1-12-5-4-6-15-14-9-13(10-17(12)15)16-7-2-3-8-18(16,19)11-14/h12-16H,2-11H2,1H3/t12?,13-,14?,15-,16+,18?/m0/s1. The lowest BCUT2D eigenvalue weighted by Gasteiger charge is -2.64. The van der Waals surface area contributed by atoms with Gasteiger partial charge in [0.25, 0.3) is 0 Å². The lowest BCUT2D eigenvalue weighted by atomic mass is 9.70. The first-order valence-corrected chi connectivity index (χ1v) is 8.51. The maximum atomic E-state index is 13.2. The summed E-state index contributed by atoms with van der Waals surface area (Å²) >= 11 is 0. The molecule has 19 heavy (non-hydrogen) atoms. The summed E-state index contributed by atoms with van der Waals surface area (Å²) in [5.41, 5.74) is 0. The minimum Gasteiger partial charge on any atom is -0.633 e. The normalized spacial score (nSPS) is 54.3. The van der Waals surface area contributed by atoms with E-state index in [1.165, 1.54) is 51.5 Å². The second kappa shape index (κ2) is 4.44. The van der Waals surface area contributed by atoms with Crippen molar-refractivity contribution in [2.75, 3.05) is 19.6 Å². The van der Waals surface area contributed by atoms with Crippen molar-refractivity contribution in [3.63, 3.8) is 0 Å². The summed E-state index contributed by atoms with van der Waals surface area (Å²) in [4.78, 5) is 2.79. The maximum absolute atomic E-state index is 13.2. The SMILES string of the molecule is CC1CCC[C@H]2C3C[C@@H](CN12)[C@H]1CCCC[N+]1([O-])C3. The van der Waals surface area contributed by atoms with Crippen LogP contribution in [0.25, 0.3) is 0 Å². The zero-order valence-electron chi connectivity index (χ0n) is 12.3. The molecule has 3 unspecified atom stereocenters. The molecule has 4 saturated heterocycles. The Balaban J connectivity index is 1.62. The fourth-order valence-electron chi connectivity index (χ4n) is 5.85. The van der Waals surface area contributed by atoms with E-state index in [1.54, 1.807) is 0 Å². The van der Waals surface area contributed by atoms with E-state index in [0.717, 1.165) is 25.2 Å². The molecule has 4 rings (SSSR count). The highest BCUT2D eigenvalue weighted by Gasteiger charge is 2.52. The van der Waals surface area contributed by atoms with E-state index in [9.17, 15) is 5.21 Å². The van der Waals surface area contributed by atoms with Gasteiger partial charge in [-0.15, -0.1) is 0 Å². The lowest BCUT2D eigenvalue weighted by Crippen LogP contribution is -2.70. The lowest BCUT2D eigenvalue weighted by molar-refractivity contribution is -0.925. The zero-order chi connectivity index (χ0) is 13.0. The average Bonchev–Trinajstić information content (AvgIpc) is 2.39. The molecule has 6 atom stereocenters. The molecule has 0 radical (unpaired) electrons. The number of hydrogen-bond donors (Lipinski definition) is 0. The molecule has 3 heteroatoms. The summed E-state index contributed by atoms with van der Waals surface area (Å²) in [7, 11) is 0. The molecule has 2 bridgehead atoms. The number of fused-ring (bicyclic) bond motifs is 6. The Bertz CT molecular complexity index is 361. The third kappa shape index (κ3) is 1.89. The maximum Gasteiger partial charge on any atom is 0.0928 e. The van der Waals surface area contributed by atoms with Crippen molar-refractivity contribution in [3.8, 4) is 0 Å². The molecule has 0 spiro atoms. The molecule has 3 nitrogen and oxygen atoms in total. The quantitative estimate of drug-likeness (QED) is 0.497. The van der Waals surface area contributed by atoms with Crippen molar-refractivity contribution in [2.45, 2.75) is 70.0 Å². The molecule has 0 saturated carbocycles. The monoisotopic (exact) mass is 264 g/mol. The smallest absolute Gasteiger partial charge is 0.0928 e. The molecule has 4 aliphatic rings. The Morgan fingerprint density at radius 1 is 1.05 bits per heavy atom. The van der Waals surface area contributed by atoms with Gasteiger partial charge in [0.2, 0.25) is 0 Å². The van der Waals surface area contributed by atoms with Crippen LogP contribution in [0.4, 0.5) is 0 Å². The van der Waals surface area contributed by atoms with Crippen LogP contribution in [0.3, 0.4) is 0 Å². The van der Waals surface area contributed by atoms with Gasteiger partial charge in [0.05, 0.1) is 19.1 Å². The third-order valence-corrected chi connectivity index (χ3v) is 6.69. The van der Waals surface area contributed by atoms with Gasteiger partial charge in [0.15, 0.2) is 0 Å². The van der Waals surface area contributed by atoms with Gasteiger partial charge in [-0.2, -0.15) is 0 Å². The Kier molecular flexibility index (Phi) is 2.95. The van der Waals surface area contributed by atoms with Crippen LogP contribution >= 0.6 is 0 Å².